The van der Waals surface area contributed by atoms with Crippen LogP contribution in [-0.4, -0.2) is 28.3 Å². The first-order valence-corrected chi connectivity index (χ1v) is 9.31. The van der Waals surface area contributed by atoms with Crippen molar-refractivity contribution < 1.29 is 0 Å². The summed E-state index contributed by atoms with van der Waals surface area (Å²) in [5.74, 6) is 1.57. The standard InChI is InChI=1S/C21H21N5/c1-3-11-18-16(7-1)9-5-13-25(18)20-15-22-24-21(23-20)26-14-6-10-17-8-2-4-12-19(17)26/h1-4,7-8,11-12,15H,5-6,9-10,13-14H2. The van der Waals surface area contributed by atoms with Gasteiger partial charge in [-0.05, 0) is 48.9 Å². The van der Waals surface area contributed by atoms with Crippen molar-refractivity contribution in [1.82, 2.24) is 15.2 Å². The molecule has 0 radical (unpaired) electrons. The summed E-state index contributed by atoms with van der Waals surface area (Å²) in [4.78, 5) is 9.37. The summed E-state index contributed by atoms with van der Waals surface area (Å²) in [6, 6.07) is 17.1. The number of aromatic nitrogens is 3. The molecule has 130 valence electrons. The Kier molecular flexibility index (Phi) is 3.77. The zero-order chi connectivity index (χ0) is 17.3. The first kappa shape index (κ1) is 15.3. The van der Waals surface area contributed by atoms with E-state index in [-0.39, 0.29) is 0 Å². The fourth-order valence-corrected chi connectivity index (χ4v) is 4.04. The Bertz CT molecular complexity index is 866. The van der Waals surface area contributed by atoms with E-state index in [9.17, 15) is 0 Å². The number of aryl methyl sites for hydroxylation is 2. The highest BCUT2D eigenvalue weighted by Gasteiger charge is 2.23. The molecular formula is C21H21N5. The van der Waals surface area contributed by atoms with Crippen LogP contribution in [0.3, 0.4) is 0 Å². The van der Waals surface area contributed by atoms with Crippen LogP contribution in [-0.2, 0) is 12.8 Å². The Morgan fingerprint density at radius 2 is 1.35 bits per heavy atom. The van der Waals surface area contributed by atoms with E-state index in [2.05, 4.69) is 68.5 Å². The van der Waals surface area contributed by atoms with E-state index in [0.29, 0.717) is 5.95 Å². The molecule has 0 bridgehead atoms. The topological polar surface area (TPSA) is 45.2 Å². The third-order valence-electron chi connectivity index (χ3n) is 5.27. The van der Waals surface area contributed by atoms with Crippen molar-refractivity contribution in [1.29, 1.82) is 0 Å². The Morgan fingerprint density at radius 3 is 2.08 bits per heavy atom. The molecule has 0 N–H and O–H groups in total. The Balaban J connectivity index is 1.54. The molecule has 0 aliphatic carbocycles. The molecule has 2 aliphatic heterocycles. The summed E-state index contributed by atoms with van der Waals surface area (Å²) < 4.78 is 0. The van der Waals surface area contributed by atoms with Gasteiger partial charge in [0.25, 0.3) is 5.95 Å². The van der Waals surface area contributed by atoms with E-state index in [1.54, 1.807) is 6.20 Å². The van der Waals surface area contributed by atoms with Crippen LogP contribution in [0.15, 0.2) is 54.7 Å². The lowest BCUT2D eigenvalue weighted by atomic mass is 10.0. The molecule has 0 amide bonds. The molecule has 0 atom stereocenters. The average molecular weight is 343 g/mol. The summed E-state index contributed by atoms with van der Waals surface area (Å²) in [6.07, 6.45) is 6.25. The highest BCUT2D eigenvalue weighted by Crippen LogP contribution is 2.34. The summed E-state index contributed by atoms with van der Waals surface area (Å²) in [7, 11) is 0. The van der Waals surface area contributed by atoms with Crippen molar-refractivity contribution in [3.8, 4) is 0 Å². The van der Waals surface area contributed by atoms with Crippen LogP contribution in [0.25, 0.3) is 0 Å². The van der Waals surface area contributed by atoms with Gasteiger partial charge in [0.2, 0.25) is 0 Å². The van der Waals surface area contributed by atoms with Gasteiger partial charge in [-0.2, -0.15) is 10.1 Å². The van der Waals surface area contributed by atoms with Crippen molar-refractivity contribution in [2.75, 3.05) is 22.9 Å². The second-order valence-electron chi connectivity index (χ2n) is 6.88. The molecule has 0 spiro atoms. The molecular weight excluding hydrogens is 322 g/mol. The van der Waals surface area contributed by atoms with Gasteiger partial charge in [-0.25, -0.2) is 0 Å². The number of para-hydroxylation sites is 2. The second-order valence-corrected chi connectivity index (χ2v) is 6.88. The summed E-state index contributed by atoms with van der Waals surface area (Å²) in [5.41, 5.74) is 5.18. The van der Waals surface area contributed by atoms with Gasteiger partial charge < -0.3 is 9.80 Å². The zero-order valence-electron chi connectivity index (χ0n) is 14.7. The monoisotopic (exact) mass is 343 g/mol. The van der Waals surface area contributed by atoms with Crippen LogP contribution in [0.5, 0.6) is 0 Å². The van der Waals surface area contributed by atoms with Gasteiger partial charge in [0.1, 0.15) is 0 Å². The molecule has 26 heavy (non-hydrogen) atoms. The quantitative estimate of drug-likeness (QED) is 0.703. The highest BCUT2D eigenvalue weighted by molar-refractivity contribution is 5.67. The summed E-state index contributed by atoms with van der Waals surface area (Å²) >= 11 is 0. The van der Waals surface area contributed by atoms with Crippen molar-refractivity contribution >= 4 is 23.1 Å². The fourth-order valence-electron chi connectivity index (χ4n) is 4.04. The average Bonchev–Trinajstić information content (AvgIpc) is 2.73. The Labute approximate surface area is 153 Å². The van der Waals surface area contributed by atoms with Crippen molar-refractivity contribution in [3.05, 3.63) is 65.9 Å². The van der Waals surface area contributed by atoms with Crippen LogP contribution in [0.1, 0.15) is 24.0 Å². The smallest absolute Gasteiger partial charge is 0.251 e. The number of anilines is 4. The third-order valence-corrected chi connectivity index (χ3v) is 5.27. The lowest BCUT2D eigenvalue weighted by molar-refractivity contribution is 0.728. The molecule has 0 saturated heterocycles. The molecule has 5 nitrogen and oxygen atoms in total. The maximum Gasteiger partial charge on any atom is 0.251 e. The van der Waals surface area contributed by atoms with Gasteiger partial charge in [-0.15, -0.1) is 5.10 Å². The minimum Gasteiger partial charge on any atom is -0.325 e. The highest BCUT2D eigenvalue weighted by atomic mass is 15.4. The minimum absolute atomic E-state index is 0.692. The second kappa shape index (κ2) is 6.41. The van der Waals surface area contributed by atoms with Crippen LogP contribution < -0.4 is 9.80 Å². The molecule has 3 aromatic rings. The first-order valence-electron chi connectivity index (χ1n) is 9.31. The minimum atomic E-state index is 0.692. The van der Waals surface area contributed by atoms with Gasteiger partial charge in [-0.3, -0.25) is 0 Å². The number of rotatable bonds is 2. The van der Waals surface area contributed by atoms with E-state index in [0.717, 1.165) is 44.6 Å². The molecule has 5 heteroatoms. The van der Waals surface area contributed by atoms with Gasteiger partial charge in [-0.1, -0.05) is 36.4 Å². The maximum atomic E-state index is 4.90. The fraction of sp³-hybridized carbons (Fsp3) is 0.286. The Morgan fingerprint density at radius 1 is 0.731 bits per heavy atom. The van der Waals surface area contributed by atoms with E-state index in [4.69, 9.17) is 4.98 Å². The van der Waals surface area contributed by atoms with Crippen molar-refractivity contribution in [2.45, 2.75) is 25.7 Å². The number of benzene rings is 2. The molecule has 0 unspecified atom stereocenters. The van der Waals surface area contributed by atoms with Crippen LogP contribution in [0, 0.1) is 0 Å². The van der Waals surface area contributed by atoms with E-state index >= 15 is 0 Å². The van der Waals surface area contributed by atoms with Gasteiger partial charge in [0.15, 0.2) is 5.82 Å². The molecule has 1 aromatic heterocycles. The molecule has 0 fully saturated rings. The van der Waals surface area contributed by atoms with E-state index in [1.165, 1.54) is 22.5 Å². The van der Waals surface area contributed by atoms with Crippen molar-refractivity contribution in [3.63, 3.8) is 0 Å². The molecule has 2 aliphatic rings. The van der Waals surface area contributed by atoms with Crippen molar-refractivity contribution in [2.24, 2.45) is 0 Å². The number of nitrogens with zero attached hydrogens (tertiary/aromatic N) is 5. The largest absolute Gasteiger partial charge is 0.325 e. The van der Waals surface area contributed by atoms with Crippen LogP contribution >= 0.6 is 0 Å². The molecule has 3 heterocycles. The predicted octanol–water partition coefficient (Wildman–Crippen LogP) is 4.04. The van der Waals surface area contributed by atoms with Gasteiger partial charge in [0, 0.05) is 24.5 Å². The Hall–Kier alpha value is -2.95. The maximum absolute atomic E-state index is 4.90. The van der Waals surface area contributed by atoms with Crippen LogP contribution in [0.2, 0.25) is 0 Å². The molecule has 2 aromatic carbocycles. The lowest BCUT2D eigenvalue weighted by Crippen LogP contribution is -2.29. The van der Waals surface area contributed by atoms with E-state index in [1.807, 2.05) is 0 Å². The zero-order valence-corrected chi connectivity index (χ0v) is 14.7. The van der Waals surface area contributed by atoms with E-state index < -0.39 is 0 Å². The van der Waals surface area contributed by atoms with Gasteiger partial charge in [0.05, 0.1) is 6.20 Å². The first-order chi connectivity index (χ1) is 12.9. The molecule has 5 rings (SSSR count). The van der Waals surface area contributed by atoms with Gasteiger partial charge >= 0.3 is 0 Å². The number of hydrogen-bond donors (Lipinski definition) is 0. The number of hydrogen-bond acceptors (Lipinski definition) is 5. The molecule has 0 saturated carbocycles. The lowest BCUT2D eigenvalue weighted by Gasteiger charge is -2.32. The summed E-state index contributed by atoms with van der Waals surface area (Å²) in [6.45, 7) is 1.89. The number of fused-ring (bicyclic) bond motifs is 2. The normalized spacial score (nSPS) is 16.2. The van der Waals surface area contributed by atoms with Crippen LogP contribution in [0.4, 0.5) is 23.1 Å². The third kappa shape index (κ3) is 2.60. The predicted molar refractivity (Wildman–Crippen MR) is 103 cm³/mol. The summed E-state index contributed by atoms with van der Waals surface area (Å²) in [5, 5.41) is 8.64. The SMILES string of the molecule is c1ccc2c(c1)CCCN2c1cnnc(N2CCCc3ccccc32)n1.